The number of anilines is 1. The van der Waals surface area contributed by atoms with E-state index in [0.29, 0.717) is 30.5 Å². The van der Waals surface area contributed by atoms with Gasteiger partial charge in [0.15, 0.2) is 0 Å². The molecule has 2 amide bonds. The molecule has 8 heteroatoms. The molecule has 0 fully saturated rings. The molecule has 0 saturated carbocycles. The van der Waals surface area contributed by atoms with Crippen LogP contribution in [-0.2, 0) is 4.74 Å². The van der Waals surface area contributed by atoms with Gasteiger partial charge in [-0.25, -0.2) is 9.78 Å². The van der Waals surface area contributed by atoms with E-state index in [1.165, 1.54) is 18.0 Å². The predicted octanol–water partition coefficient (Wildman–Crippen LogP) is 1.34. The number of carbonyl (C=O) groups excluding carboxylic acids is 1. The van der Waals surface area contributed by atoms with Crippen LogP contribution in [0.15, 0.2) is 18.3 Å². The molecule has 1 rings (SSSR count). The molecule has 1 aromatic rings. The fourth-order valence-corrected chi connectivity index (χ4v) is 2.30. The molecular weight excluding hydrogens is 306 g/mol. The number of amides is 2. The van der Waals surface area contributed by atoms with Crippen molar-refractivity contribution in [3.63, 3.8) is 0 Å². The van der Waals surface area contributed by atoms with Gasteiger partial charge in [0, 0.05) is 25.5 Å². The summed E-state index contributed by atoms with van der Waals surface area (Å²) < 4.78 is 10.2. The maximum atomic E-state index is 11.7. The molecule has 124 valence electrons. The van der Waals surface area contributed by atoms with E-state index >= 15 is 0 Å². The second-order valence-corrected chi connectivity index (χ2v) is 5.83. The molecular formula is C14H23N3O4S. The van der Waals surface area contributed by atoms with Crippen molar-refractivity contribution in [1.82, 2.24) is 10.3 Å². The molecule has 3 N–H and O–H groups in total. The Labute approximate surface area is 134 Å². The van der Waals surface area contributed by atoms with Crippen LogP contribution in [0.2, 0.25) is 0 Å². The summed E-state index contributed by atoms with van der Waals surface area (Å²) in [6.45, 7) is 2.75. The highest BCUT2D eigenvalue weighted by Gasteiger charge is 2.20. The number of nitrogens with zero attached hydrogens (tertiary/aromatic N) is 1. The van der Waals surface area contributed by atoms with E-state index in [-0.39, 0.29) is 6.54 Å². The number of rotatable bonds is 9. The van der Waals surface area contributed by atoms with Crippen LogP contribution in [0.1, 0.15) is 6.92 Å². The van der Waals surface area contributed by atoms with Gasteiger partial charge in [0.25, 0.3) is 0 Å². The minimum atomic E-state index is -0.936. The molecule has 22 heavy (non-hydrogen) atoms. The fraction of sp³-hybridized carbons (Fsp3) is 0.571. The van der Waals surface area contributed by atoms with Gasteiger partial charge in [-0.2, -0.15) is 11.8 Å². The number of ether oxygens (including phenoxy) is 2. The Balaban J connectivity index is 2.38. The van der Waals surface area contributed by atoms with Crippen LogP contribution in [0.3, 0.4) is 0 Å². The summed E-state index contributed by atoms with van der Waals surface area (Å²) in [5.74, 6) is 1.01. The van der Waals surface area contributed by atoms with Crippen molar-refractivity contribution < 1.29 is 19.4 Å². The molecule has 1 atom stereocenters. The van der Waals surface area contributed by atoms with E-state index in [9.17, 15) is 9.90 Å². The average molecular weight is 329 g/mol. The van der Waals surface area contributed by atoms with Gasteiger partial charge in [0.05, 0.1) is 24.1 Å². The van der Waals surface area contributed by atoms with E-state index in [0.717, 1.165) is 0 Å². The number of hydrogen-bond donors (Lipinski definition) is 3. The van der Waals surface area contributed by atoms with Crippen molar-refractivity contribution in [2.75, 3.05) is 44.2 Å². The summed E-state index contributed by atoms with van der Waals surface area (Å²) in [5, 5.41) is 15.2. The molecule has 0 unspecified atom stereocenters. The summed E-state index contributed by atoms with van der Waals surface area (Å²) in [6.07, 6.45) is 3.40. The fourth-order valence-electron chi connectivity index (χ4n) is 1.58. The van der Waals surface area contributed by atoms with Crippen molar-refractivity contribution in [2.24, 2.45) is 0 Å². The third kappa shape index (κ3) is 7.48. The lowest BCUT2D eigenvalue weighted by Gasteiger charge is -2.22. The summed E-state index contributed by atoms with van der Waals surface area (Å²) in [4.78, 5) is 15.8. The van der Waals surface area contributed by atoms with Crippen LogP contribution < -0.4 is 15.4 Å². The van der Waals surface area contributed by atoms with Crippen molar-refractivity contribution in [3.05, 3.63) is 18.3 Å². The highest BCUT2D eigenvalue weighted by atomic mass is 32.2. The standard InChI is InChI=1S/C14H23N3O4S/c1-14(19,10-22-3)9-16-13(18)17-11-4-5-12(15-8-11)21-7-6-20-2/h4-5,8,19H,6-7,9-10H2,1-3H3,(H2,16,17,18)/t14-/m1/s1. The number of urea groups is 1. The normalized spacial score (nSPS) is 13.3. The minimum absolute atomic E-state index is 0.172. The number of nitrogens with one attached hydrogen (secondary N) is 2. The van der Waals surface area contributed by atoms with E-state index in [4.69, 9.17) is 9.47 Å². The van der Waals surface area contributed by atoms with Crippen molar-refractivity contribution >= 4 is 23.5 Å². The van der Waals surface area contributed by atoms with Crippen molar-refractivity contribution in [3.8, 4) is 5.88 Å². The van der Waals surface area contributed by atoms with Gasteiger partial charge in [-0.15, -0.1) is 0 Å². The molecule has 0 aromatic carbocycles. The van der Waals surface area contributed by atoms with E-state index < -0.39 is 11.6 Å². The Kier molecular flexibility index (Phi) is 8.00. The molecule has 0 saturated heterocycles. The number of methoxy groups -OCH3 is 1. The molecule has 0 radical (unpaired) electrons. The predicted molar refractivity (Wildman–Crippen MR) is 87.6 cm³/mol. The number of aromatic nitrogens is 1. The number of aliphatic hydroxyl groups is 1. The zero-order valence-corrected chi connectivity index (χ0v) is 13.9. The maximum Gasteiger partial charge on any atom is 0.319 e. The van der Waals surface area contributed by atoms with E-state index in [1.54, 1.807) is 26.2 Å². The summed E-state index contributed by atoms with van der Waals surface area (Å²) in [6, 6.07) is 2.96. The smallest absolute Gasteiger partial charge is 0.319 e. The van der Waals surface area contributed by atoms with Gasteiger partial charge in [-0.3, -0.25) is 0 Å². The lowest BCUT2D eigenvalue weighted by molar-refractivity contribution is 0.0876. The lowest BCUT2D eigenvalue weighted by atomic mass is 10.1. The SMILES string of the molecule is COCCOc1ccc(NC(=O)NC[C@@](C)(O)CSC)cn1. The van der Waals surface area contributed by atoms with E-state index in [2.05, 4.69) is 15.6 Å². The topological polar surface area (TPSA) is 92.7 Å². The van der Waals surface area contributed by atoms with Gasteiger partial charge in [0.1, 0.15) is 6.61 Å². The van der Waals surface area contributed by atoms with Crippen molar-refractivity contribution in [2.45, 2.75) is 12.5 Å². The van der Waals surface area contributed by atoms with Gasteiger partial charge >= 0.3 is 6.03 Å². The number of hydrogen-bond acceptors (Lipinski definition) is 6. The van der Waals surface area contributed by atoms with Gasteiger partial charge < -0.3 is 25.2 Å². The second-order valence-electron chi connectivity index (χ2n) is 4.96. The molecule has 0 spiro atoms. The van der Waals surface area contributed by atoms with Crippen LogP contribution in [-0.4, -0.2) is 60.6 Å². The second kappa shape index (κ2) is 9.50. The average Bonchev–Trinajstić information content (AvgIpc) is 2.47. The molecule has 7 nitrogen and oxygen atoms in total. The Morgan fingerprint density at radius 1 is 1.45 bits per heavy atom. The van der Waals surface area contributed by atoms with Gasteiger partial charge in [0.2, 0.25) is 5.88 Å². The summed E-state index contributed by atoms with van der Waals surface area (Å²) >= 11 is 1.52. The Hall–Kier alpha value is -1.51. The van der Waals surface area contributed by atoms with Crippen LogP contribution in [0.25, 0.3) is 0 Å². The number of carbonyl (C=O) groups is 1. The molecule has 0 bridgehead atoms. The third-order valence-electron chi connectivity index (χ3n) is 2.62. The number of pyridine rings is 1. The first-order valence-corrected chi connectivity index (χ1v) is 8.20. The van der Waals surface area contributed by atoms with Gasteiger partial charge in [-0.05, 0) is 19.2 Å². The first-order valence-electron chi connectivity index (χ1n) is 6.81. The molecule has 1 aromatic heterocycles. The third-order valence-corrected chi connectivity index (χ3v) is 3.53. The van der Waals surface area contributed by atoms with Crippen molar-refractivity contribution in [1.29, 1.82) is 0 Å². The first-order chi connectivity index (χ1) is 10.5. The minimum Gasteiger partial charge on any atom is -0.475 e. The highest BCUT2D eigenvalue weighted by Crippen LogP contribution is 2.12. The summed E-state index contributed by atoms with van der Waals surface area (Å²) in [5.41, 5.74) is -0.394. The maximum absolute atomic E-state index is 11.7. The Morgan fingerprint density at radius 3 is 2.82 bits per heavy atom. The monoisotopic (exact) mass is 329 g/mol. The zero-order valence-electron chi connectivity index (χ0n) is 13.1. The van der Waals surface area contributed by atoms with Crippen LogP contribution in [0.5, 0.6) is 5.88 Å². The van der Waals surface area contributed by atoms with Gasteiger partial charge in [-0.1, -0.05) is 0 Å². The Bertz CT molecular complexity index is 454. The molecule has 0 aliphatic heterocycles. The van der Waals surface area contributed by atoms with Crippen LogP contribution >= 0.6 is 11.8 Å². The molecule has 1 heterocycles. The quantitative estimate of drug-likeness (QED) is 0.592. The molecule has 0 aliphatic carbocycles. The van der Waals surface area contributed by atoms with E-state index in [1.807, 2.05) is 6.26 Å². The van der Waals surface area contributed by atoms with Crippen LogP contribution in [0.4, 0.5) is 10.5 Å². The number of thioether (sulfide) groups is 1. The lowest BCUT2D eigenvalue weighted by Crippen LogP contribution is -2.43. The summed E-state index contributed by atoms with van der Waals surface area (Å²) in [7, 11) is 1.60. The largest absolute Gasteiger partial charge is 0.475 e. The molecule has 0 aliphatic rings. The Morgan fingerprint density at radius 2 is 2.23 bits per heavy atom. The zero-order chi connectivity index (χ0) is 16.4. The first kappa shape index (κ1) is 18.5. The highest BCUT2D eigenvalue weighted by molar-refractivity contribution is 7.98. The van der Waals surface area contributed by atoms with Crippen LogP contribution in [0, 0.1) is 0 Å².